The maximum atomic E-state index is 12.8. The average molecular weight is 287 g/mol. The summed E-state index contributed by atoms with van der Waals surface area (Å²) in [6.45, 7) is 10.5. The SMILES string of the molecule is Cc1ccc(CC(=O)C(C)(C)N2CCCCCC2)cc1C. The topological polar surface area (TPSA) is 20.3 Å². The van der Waals surface area contributed by atoms with Crippen molar-refractivity contribution in [1.29, 1.82) is 0 Å². The Bertz CT molecular complexity index is 496. The molecule has 0 atom stereocenters. The van der Waals surface area contributed by atoms with E-state index < -0.39 is 0 Å². The minimum absolute atomic E-state index is 0.340. The molecule has 116 valence electrons. The first-order valence-electron chi connectivity index (χ1n) is 8.26. The summed E-state index contributed by atoms with van der Waals surface area (Å²) in [5.41, 5.74) is 3.36. The van der Waals surface area contributed by atoms with E-state index in [2.05, 4.69) is 50.8 Å². The van der Waals surface area contributed by atoms with Gasteiger partial charge in [-0.2, -0.15) is 0 Å². The summed E-state index contributed by atoms with van der Waals surface area (Å²) in [7, 11) is 0. The van der Waals surface area contributed by atoms with Crippen LogP contribution in [0.15, 0.2) is 18.2 Å². The van der Waals surface area contributed by atoms with Gasteiger partial charge in [0.2, 0.25) is 0 Å². The van der Waals surface area contributed by atoms with Crippen LogP contribution in [0.4, 0.5) is 0 Å². The molecule has 0 unspecified atom stereocenters. The number of benzene rings is 1. The second kappa shape index (κ2) is 6.74. The monoisotopic (exact) mass is 287 g/mol. The summed E-state index contributed by atoms with van der Waals surface area (Å²) in [6, 6.07) is 6.38. The molecule has 0 spiro atoms. The number of likely N-dealkylation sites (tertiary alicyclic amines) is 1. The van der Waals surface area contributed by atoms with Crippen molar-refractivity contribution in [3.05, 3.63) is 34.9 Å². The lowest BCUT2D eigenvalue weighted by Crippen LogP contribution is -2.51. The summed E-state index contributed by atoms with van der Waals surface area (Å²) < 4.78 is 0. The Morgan fingerprint density at radius 2 is 1.67 bits per heavy atom. The Balaban J connectivity index is 2.08. The predicted octanol–water partition coefficient (Wildman–Crippen LogP) is 4.07. The van der Waals surface area contributed by atoms with Crippen LogP contribution in [0.3, 0.4) is 0 Å². The van der Waals surface area contributed by atoms with Crippen molar-refractivity contribution in [2.45, 2.75) is 65.3 Å². The molecule has 0 saturated carbocycles. The zero-order valence-corrected chi connectivity index (χ0v) is 14.0. The van der Waals surface area contributed by atoms with E-state index in [1.807, 2.05) is 0 Å². The van der Waals surface area contributed by atoms with E-state index in [9.17, 15) is 4.79 Å². The van der Waals surface area contributed by atoms with Crippen molar-refractivity contribution in [1.82, 2.24) is 4.90 Å². The minimum Gasteiger partial charge on any atom is -0.297 e. The van der Waals surface area contributed by atoms with E-state index in [1.165, 1.54) is 36.8 Å². The number of nitrogens with zero attached hydrogens (tertiary/aromatic N) is 1. The lowest BCUT2D eigenvalue weighted by atomic mass is 9.90. The van der Waals surface area contributed by atoms with Crippen LogP contribution >= 0.6 is 0 Å². The highest BCUT2D eigenvalue weighted by Crippen LogP contribution is 2.23. The van der Waals surface area contributed by atoms with Gasteiger partial charge in [-0.1, -0.05) is 31.0 Å². The number of rotatable bonds is 4. The molecule has 0 N–H and O–H groups in total. The van der Waals surface area contributed by atoms with Gasteiger partial charge < -0.3 is 0 Å². The van der Waals surface area contributed by atoms with Crippen LogP contribution in [0.5, 0.6) is 0 Å². The van der Waals surface area contributed by atoms with Crippen molar-refractivity contribution in [3.8, 4) is 0 Å². The van der Waals surface area contributed by atoms with Crippen molar-refractivity contribution >= 4 is 5.78 Å². The van der Waals surface area contributed by atoms with Crippen molar-refractivity contribution < 1.29 is 4.79 Å². The number of Topliss-reactive ketones (excluding diaryl/α,β-unsaturated/α-hetero) is 1. The Hall–Kier alpha value is -1.15. The van der Waals surface area contributed by atoms with Gasteiger partial charge in [-0.25, -0.2) is 0 Å². The summed E-state index contributed by atoms with van der Waals surface area (Å²) >= 11 is 0. The van der Waals surface area contributed by atoms with Crippen LogP contribution in [-0.2, 0) is 11.2 Å². The number of aryl methyl sites for hydroxylation is 2. The minimum atomic E-state index is -0.344. The molecular weight excluding hydrogens is 258 g/mol. The average Bonchev–Trinajstić information content (AvgIpc) is 2.72. The zero-order valence-electron chi connectivity index (χ0n) is 14.0. The molecule has 1 heterocycles. The number of ketones is 1. The molecule has 1 aromatic rings. The first-order valence-corrected chi connectivity index (χ1v) is 8.26. The third-order valence-corrected chi connectivity index (χ3v) is 5.02. The van der Waals surface area contributed by atoms with Gasteiger partial charge in [0, 0.05) is 6.42 Å². The quantitative estimate of drug-likeness (QED) is 0.832. The fourth-order valence-corrected chi connectivity index (χ4v) is 3.12. The van der Waals surface area contributed by atoms with Crippen LogP contribution in [-0.4, -0.2) is 29.3 Å². The number of hydrogen-bond acceptors (Lipinski definition) is 2. The molecule has 0 amide bonds. The van der Waals surface area contributed by atoms with Crippen LogP contribution in [0, 0.1) is 13.8 Å². The van der Waals surface area contributed by atoms with Crippen molar-refractivity contribution in [3.63, 3.8) is 0 Å². The molecule has 1 aliphatic heterocycles. The molecule has 2 nitrogen and oxygen atoms in total. The van der Waals surface area contributed by atoms with Crippen molar-refractivity contribution in [2.75, 3.05) is 13.1 Å². The van der Waals surface area contributed by atoms with Gasteiger partial charge in [-0.3, -0.25) is 9.69 Å². The lowest BCUT2D eigenvalue weighted by molar-refractivity contribution is -0.128. The van der Waals surface area contributed by atoms with E-state index in [1.54, 1.807) is 0 Å². The van der Waals surface area contributed by atoms with E-state index >= 15 is 0 Å². The molecule has 2 rings (SSSR count). The van der Waals surface area contributed by atoms with Crippen LogP contribution in [0.2, 0.25) is 0 Å². The highest BCUT2D eigenvalue weighted by atomic mass is 16.1. The van der Waals surface area contributed by atoms with Gasteiger partial charge in [-0.05, 0) is 70.3 Å². The summed E-state index contributed by atoms with van der Waals surface area (Å²) in [5.74, 6) is 0.340. The van der Waals surface area contributed by atoms with Crippen LogP contribution < -0.4 is 0 Å². The number of hydrogen-bond donors (Lipinski definition) is 0. The van der Waals surface area contributed by atoms with Gasteiger partial charge in [-0.15, -0.1) is 0 Å². The summed E-state index contributed by atoms with van der Waals surface area (Å²) in [5, 5.41) is 0. The molecule has 1 saturated heterocycles. The van der Waals surface area contributed by atoms with Gasteiger partial charge >= 0.3 is 0 Å². The second-order valence-corrected chi connectivity index (χ2v) is 6.98. The zero-order chi connectivity index (χ0) is 15.5. The van der Waals surface area contributed by atoms with Gasteiger partial charge in [0.15, 0.2) is 5.78 Å². The Morgan fingerprint density at radius 3 is 2.24 bits per heavy atom. The third-order valence-electron chi connectivity index (χ3n) is 5.02. The van der Waals surface area contributed by atoms with Gasteiger partial charge in [0.25, 0.3) is 0 Å². The Labute approximate surface area is 129 Å². The molecule has 0 aromatic heterocycles. The van der Waals surface area contributed by atoms with E-state index in [4.69, 9.17) is 0 Å². The molecular formula is C19H29NO. The Morgan fingerprint density at radius 1 is 1.05 bits per heavy atom. The molecule has 0 aliphatic carbocycles. The first kappa shape index (κ1) is 16.2. The number of carbonyl (C=O) groups is 1. The molecule has 2 heteroatoms. The maximum absolute atomic E-state index is 12.8. The predicted molar refractivity (Wildman–Crippen MR) is 88.7 cm³/mol. The molecule has 1 aromatic carbocycles. The second-order valence-electron chi connectivity index (χ2n) is 6.98. The molecule has 21 heavy (non-hydrogen) atoms. The number of carbonyl (C=O) groups excluding carboxylic acids is 1. The van der Waals surface area contributed by atoms with Gasteiger partial charge in [0.1, 0.15) is 0 Å². The highest BCUT2D eigenvalue weighted by Gasteiger charge is 2.34. The fourth-order valence-electron chi connectivity index (χ4n) is 3.12. The van der Waals surface area contributed by atoms with Crippen LogP contribution in [0.25, 0.3) is 0 Å². The maximum Gasteiger partial charge on any atom is 0.156 e. The molecule has 1 aliphatic rings. The van der Waals surface area contributed by atoms with Crippen LogP contribution in [0.1, 0.15) is 56.2 Å². The fraction of sp³-hybridized carbons (Fsp3) is 0.632. The van der Waals surface area contributed by atoms with E-state index in [0.717, 1.165) is 18.7 Å². The highest BCUT2D eigenvalue weighted by molar-refractivity contribution is 5.89. The van der Waals surface area contributed by atoms with E-state index in [-0.39, 0.29) is 5.54 Å². The smallest absolute Gasteiger partial charge is 0.156 e. The summed E-state index contributed by atoms with van der Waals surface area (Å²) in [6.07, 6.45) is 5.60. The molecule has 0 radical (unpaired) electrons. The van der Waals surface area contributed by atoms with E-state index in [0.29, 0.717) is 12.2 Å². The largest absolute Gasteiger partial charge is 0.297 e. The standard InChI is InChI=1S/C19H29NO/c1-15-9-10-17(13-16(15)2)14-18(21)19(3,4)20-11-7-5-6-8-12-20/h9-10,13H,5-8,11-12,14H2,1-4H3. The lowest BCUT2D eigenvalue weighted by Gasteiger charge is -2.36. The summed E-state index contributed by atoms with van der Waals surface area (Å²) in [4.78, 5) is 15.2. The van der Waals surface area contributed by atoms with Gasteiger partial charge in [0.05, 0.1) is 5.54 Å². The van der Waals surface area contributed by atoms with Crippen molar-refractivity contribution in [2.24, 2.45) is 0 Å². The third kappa shape index (κ3) is 3.94. The Kier molecular flexibility index (Phi) is 5.21. The first-order chi connectivity index (χ1) is 9.91. The molecule has 1 fully saturated rings. The molecule has 0 bridgehead atoms. The normalized spacial score (nSPS) is 17.5.